The third-order valence-electron chi connectivity index (χ3n) is 2.38. The van der Waals surface area contributed by atoms with Crippen LogP contribution in [-0.4, -0.2) is 40.8 Å². The van der Waals surface area contributed by atoms with Crippen molar-refractivity contribution in [2.75, 3.05) is 0 Å². The molecule has 1 aromatic rings. The quantitative estimate of drug-likeness (QED) is 0.721. The molecule has 0 aliphatic heterocycles. The summed E-state index contributed by atoms with van der Waals surface area (Å²) in [4.78, 5) is 22.5. The molecular formula is C12H13F2NO5. The van der Waals surface area contributed by atoms with Gasteiger partial charge in [0.2, 0.25) is 0 Å². The van der Waals surface area contributed by atoms with Crippen molar-refractivity contribution in [2.45, 2.75) is 25.7 Å². The normalized spacial score (nSPS) is 13.7. The van der Waals surface area contributed by atoms with Crippen molar-refractivity contribution in [2.24, 2.45) is 0 Å². The van der Waals surface area contributed by atoms with Crippen LogP contribution in [0.4, 0.5) is 8.78 Å². The van der Waals surface area contributed by atoms with E-state index in [1.54, 1.807) is 0 Å². The molecule has 0 unspecified atom stereocenters. The Morgan fingerprint density at radius 2 is 1.80 bits per heavy atom. The average Bonchev–Trinajstić information content (AvgIpc) is 2.35. The second kappa shape index (κ2) is 6.80. The Labute approximate surface area is 113 Å². The number of aliphatic hydroxyl groups excluding tert-OH is 1. The fourth-order valence-corrected chi connectivity index (χ4v) is 1.40. The number of halogens is 2. The number of carboxylic acid groups (broad SMARTS) is 1. The van der Waals surface area contributed by atoms with E-state index in [-0.39, 0.29) is 11.3 Å². The predicted octanol–water partition coefficient (Wildman–Crippen LogP) is 0.852. The number of alkyl halides is 2. The molecule has 20 heavy (non-hydrogen) atoms. The van der Waals surface area contributed by atoms with Crippen LogP contribution >= 0.6 is 0 Å². The molecule has 0 aliphatic rings. The van der Waals surface area contributed by atoms with Crippen LogP contribution in [0.15, 0.2) is 24.3 Å². The molecule has 0 saturated heterocycles. The van der Waals surface area contributed by atoms with Crippen LogP contribution < -0.4 is 10.1 Å². The molecule has 0 saturated carbocycles. The zero-order chi connectivity index (χ0) is 15.3. The molecule has 6 nitrogen and oxygen atoms in total. The van der Waals surface area contributed by atoms with E-state index in [0.717, 1.165) is 12.1 Å². The number of carboxylic acids is 1. The summed E-state index contributed by atoms with van der Waals surface area (Å²) < 4.78 is 28.0. The van der Waals surface area contributed by atoms with Crippen LogP contribution in [0.2, 0.25) is 0 Å². The minimum absolute atomic E-state index is 0.0542. The van der Waals surface area contributed by atoms with E-state index in [2.05, 4.69) is 10.1 Å². The highest BCUT2D eigenvalue weighted by Crippen LogP contribution is 2.15. The van der Waals surface area contributed by atoms with E-state index in [0.29, 0.717) is 0 Å². The summed E-state index contributed by atoms with van der Waals surface area (Å²) >= 11 is 0. The van der Waals surface area contributed by atoms with Gasteiger partial charge in [-0.2, -0.15) is 8.78 Å². The summed E-state index contributed by atoms with van der Waals surface area (Å²) in [5.41, 5.74) is 0.0542. The molecule has 0 bridgehead atoms. The maximum atomic E-state index is 11.9. The third kappa shape index (κ3) is 4.47. The van der Waals surface area contributed by atoms with Crippen LogP contribution in [0.1, 0.15) is 17.3 Å². The molecule has 0 aromatic heterocycles. The Morgan fingerprint density at radius 1 is 1.25 bits per heavy atom. The predicted molar refractivity (Wildman–Crippen MR) is 63.6 cm³/mol. The first-order valence-corrected chi connectivity index (χ1v) is 5.58. The van der Waals surface area contributed by atoms with Crippen LogP contribution in [0.3, 0.4) is 0 Å². The zero-order valence-corrected chi connectivity index (χ0v) is 10.4. The summed E-state index contributed by atoms with van der Waals surface area (Å²) in [5.74, 6) is -2.25. The fraction of sp³-hybridized carbons (Fsp3) is 0.333. The number of amides is 1. The summed E-state index contributed by atoms with van der Waals surface area (Å²) in [7, 11) is 0. The van der Waals surface area contributed by atoms with Gasteiger partial charge in [0.05, 0.1) is 6.10 Å². The van der Waals surface area contributed by atoms with Gasteiger partial charge in [-0.3, -0.25) is 4.79 Å². The molecule has 0 aliphatic carbocycles. The highest BCUT2D eigenvalue weighted by Gasteiger charge is 2.25. The van der Waals surface area contributed by atoms with Crippen molar-refractivity contribution < 1.29 is 33.3 Å². The summed E-state index contributed by atoms with van der Waals surface area (Å²) in [5, 5.41) is 20.1. The first kappa shape index (κ1) is 15.8. The van der Waals surface area contributed by atoms with Crippen molar-refractivity contribution in [3.63, 3.8) is 0 Å². The molecule has 1 rings (SSSR count). The number of rotatable bonds is 6. The number of carbonyl (C=O) groups is 2. The van der Waals surface area contributed by atoms with Gasteiger partial charge in [0.15, 0.2) is 6.04 Å². The minimum Gasteiger partial charge on any atom is -0.480 e. The van der Waals surface area contributed by atoms with E-state index < -0.39 is 30.6 Å². The van der Waals surface area contributed by atoms with Gasteiger partial charge >= 0.3 is 12.6 Å². The standard InChI is InChI=1S/C12H13F2NO5/c1-6(16)9(11(18)19)15-10(17)7-2-4-8(5-3-7)20-12(13)14/h2-6,9,12,16H,1H3,(H,15,17)(H,18,19)/t6-,9+/m1/s1. The molecule has 110 valence electrons. The van der Waals surface area contributed by atoms with E-state index in [1.807, 2.05) is 0 Å². The van der Waals surface area contributed by atoms with E-state index in [9.17, 15) is 23.5 Å². The molecule has 0 spiro atoms. The number of hydrogen-bond donors (Lipinski definition) is 3. The highest BCUT2D eigenvalue weighted by atomic mass is 19.3. The molecule has 1 aromatic carbocycles. The van der Waals surface area contributed by atoms with Crippen LogP contribution in [0.25, 0.3) is 0 Å². The van der Waals surface area contributed by atoms with Gasteiger partial charge in [-0.05, 0) is 31.2 Å². The summed E-state index contributed by atoms with van der Waals surface area (Å²) in [6, 6.07) is 3.25. The lowest BCUT2D eigenvalue weighted by Crippen LogP contribution is -2.47. The van der Waals surface area contributed by atoms with Gasteiger partial charge in [0.25, 0.3) is 5.91 Å². The SMILES string of the molecule is C[C@@H](O)[C@H](NC(=O)c1ccc(OC(F)F)cc1)C(=O)O. The van der Waals surface area contributed by atoms with Crippen molar-refractivity contribution in [1.82, 2.24) is 5.32 Å². The van der Waals surface area contributed by atoms with Gasteiger partial charge in [0, 0.05) is 5.56 Å². The number of carbonyl (C=O) groups excluding carboxylic acids is 1. The number of aliphatic carboxylic acids is 1. The Kier molecular flexibility index (Phi) is 5.39. The molecule has 3 N–H and O–H groups in total. The van der Waals surface area contributed by atoms with Gasteiger partial charge in [0.1, 0.15) is 5.75 Å². The maximum absolute atomic E-state index is 11.9. The topological polar surface area (TPSA) is 95.9 Å². The highest BCUT2D eigenvalue weighted by molar-refractivity contribution is 5.96. The van der Waals surface area contributed by atoms with Crippen molar-refractivity contribution >= 4 is 11.9 Å². The second-order valence-corrected chi connectivity index (χ2v) is 3.93. The first-order chi connectivity index (χ1) is 9.31. The lowest BCUT2D eigenvalue weighted by molar-refractivity contribution is -0.141. The van der Waals surface area contributed by atoms with Gasteiger partial charge in [-0.1, -0.05) is 0 Å². The van der Waals surface area contributed by atoms with E-state index in [1.165, 1.54) is 19.1 Å². The number of nitrogens with one attached hydrogen (secondary N) is 1. The molecule has 0 radical (unpaired) electrons. The van der Waals surface area contributed by atoms with Crippen molar-refractivity contribution in [3.8, 4) is 5.75 Å². The summed E-state index contributed by atoms with van der Waals surface area (Å²) in [6.07, 6.45) is -1.28. The minimum atomic E-state index is -2.97. The van der Waals surface area contributed by atoms with Gasteiger partial charge in [-0.15, -0.1) is 0 Å². The lowest BCUT2D eigenvalue weighted by Gasteiger charge is -2.17. The average molecular weight is 289 g/mol. The number of ether oxygens (including phenoxy) is 1. The van der Waals surface area contributed by atoms with E-state index >= 15 is 0 Å². The second-order valence-electron chi connectivity index (χ2n) is 3.93. The van der Waals surface area contributed by atoms with E-state index in [4.69, 9.17) is 5.11 Å². The molecule has 2 atom stereocenters. The first-order valence-electron chi connectivity index (χ1n) is 5.58. The zero-order valence-electron chi connectivity index (χ0n) is 10.4. The Hall–Kier alpha value is -2.22. The van der Waals surface area contributed by atoms with Crippen molar-refractivity contribution in [1.29, 1.82) is 0 Å². The van der Waals surface area contributed by atoms with Gasteiger partial charge < -0.3 is 20.3 Å². The largest absolute Gasteiger partial charge is 0.480 e. The van der Waals surface area contributed by atoms with Gasteiger partial charge in [-0.25, -0.2) is 4.79 Å². The molecule has 1 amide bonds. The van der Waals surface area contributed by atoms with Crippen LogP contribution in [0, 0.1) is 0 Å². The Balaban J connectivity index is 2.74. The van der Waals surface area contributed by atoms with Crippen LogP contribution in [-0.2, 0) is 4.79 Å². The number of benzene rings is 1. The monoisotopic (exact) mass is 289 g/mol. The molecule has 0 fully saturated rings. The molecule has 8 heteroatoms. The summed E-state index contributed by atoms with van der Waals surface area (Å²) in [6.45, 7) is -1.75. The smallest absolute Gasteiger partial charge is 0.387 e. The van der Waals surface area contributed by atoms with Crippen molar-refractivity contribution in [3.05, 3.63) is 29.8 Å². The lowest BCUT2D eigenvalue weighted by atomic mass is 10.1. The Bertz CT molecular complexity index is 475. The molecule has 0 heterocycles. The van der Waals surface area contributed by atoms with Crippen LogP contribution in [0.5, 0.6) is 5.75 Å². The number of hydrogen-bond acceptors (Lipinski definition) is 4. The third-order valence-corrected chi connectivity index (χ3v) is 2.38. The fourth-order valence-electron chi connectivity index (χ4n) is 1.40. The molecular weight excluding hydrogens is 276 g/mol. The Morgan fingerprint density at radius 3 is 2.20 bits per heavy atom. The maximum Gasteiger partial charge on any atom is 0.387 e. The number of aliphatic hydroxyl groups is 1.